The van der Waals surface area contributed by atoms with Gasteiger partial charge in [0.15, 0.2) is 5.82 Å². The normalized spacial score (nSPS) is 10.9. The number of nitrogens with zero attached hydrogens (tertiary/aromatic N) is 2. The van der Waals surface area contributed by atoms with Crippen molar-refractivity contribution in [2.75, 3.05) is 5.32 Å². The molecule has 0 aliphatic heterocycles. The zero-order chi connectivity index (χ0) is 14.9. The van der Waals surface area contributed by atoms with Crippen molar-refractivity contribution in [3.05, 3.63) is 45.8 Å². The lowest BCUT2D eigenvalue weighted by Crippen LogP contribution is -2.05. The van der Waals surface area contributed by atoms with Gasteiger partial charge in [-0.1, -0.05) is 19.9 Å². The molecule has 0 spiro atoms. The molecule has 106 valence electrons. The van der Waals surface area contributed by atoms with Crippen molar-refractivity contribution in [3.8, 4) is 0 Å². The topological polar surface area (TPSA) is 37.8 Å². The summed E-state index contributed by atoms with van der Waals surface area (Å²) >= 11 is 3.27. The van der Waals surface area contributed by atoms with E-state index in [1.54, 1.807) is 13.0 Å². The summed E-state index contributed by atoms with van der Waals surface area (Å²) in [6, 6.07) is 4.19. The molecular formula is C14H14BrF2N3. The van der Waals surface area contributed by atoms with Gasteiger partial charge in [-0.05, 0) is 34.5 Å². The second kappa shape index (κ2) is 5.83. The minimum absolute atomic E-state index is 0.111. The highest BCUT2D eigenvalue weighted by atomic mass is 79.9. The van der Waals surface area contributed by atoms with Crippen molar-refractivity contribution >= 4 is 27.4 Å². The molecule has 1 N–H and O–H groups in total. The number of hydrogen-bond donors (Lipinski definition) is 1. The predicted molar refractivity (Wildman–Crippen MR) is 78.2 cm³/mol. The number of hydrogen-bond acceptors (Lipinski definition) is 3. The Morgan fingerprint density at radius 1 is 1.20 bits per heavy atom. The maximum atomic E-state index is 14.0. The van der Waals surface area contributed by atoms with E-state index in [2.05, 4.69) is 31.2 Å². The van der Waals surface area contributed by atoms with Gasteiger partial charge >= 0.3 is 0 Å². The average Bonchev–Trinajstić information content (AvgIpc) is 2.38. The van der Waals surface area contributed by atoms with Gasteiger partial charge in [0.1, 0.15) is 27.8 Å². The van der Waals surface area contributed by atoms with Gasteiger partial charge in [0, 0.05) is 12.0 Å². The molecule has 2 rings (SSSR count). The van der Waals surface area contributed by atoms with Crippen molar-refractivity contribution < 1.29 is 8.78 Å². The van der Waals surface area contributed by atoms with E-state index in [0.29, 0.717) is 21.8 Å². The van der Waals surface area contributed by atoms with Crippen LogP contribution in [0.15, 0.2) is 22.8 Å². The zero-order valence-corrected chi connectivity index (χ0v) is 12.9. The number of rotatable bonds is 3. The Balaban J connectivity index is 2.43. The summed E-state index contributed by atoms with van der Waals surface area (Å²) in [4.78, 5) is 8.47. The van der Waals surface area contributed by atoms with Crippen LogP contribution in [0.5, 0.6) is 0 Å². The highest BCUT2D eigenvalue weighted by Gasteiger charge is 2.14. The van der Waals surface area contributed by atoms with Gasteiger partial charge < -0.3 is 5.32 Å². The van der Waals surface area contributed by atoms with Crippen LogP contribution < -0.4 is 5.32 Å². The van der Waals surface area contributed by atoms with Gasteiger partial charge in [0.2, 0.25) is 0 Å². The maximum Gasteiger partial charge on any atom is 0.152 e. The average molecular weight is 342 g/mol. The first-order valence-electron chi connectivity index (χ1n) is 6.14. The zero-order valence-electron chi connectivity index (χ0n) is 11.3. The van der Waals surface area contributed by atoms with Crippen molar-refractivity contribution in [1.82, 2.24) is 9.97 Å². The number of aromatic nitrogens is 2. The third-order valence-electron chi connectivity index (χ3n) is 2.77. The minimum atomic E-state index is -0.658. The number of halogens is 3. The number of nitrogens with one attached hydrogen (secondary N) is 1. The summed E-state index contributed by atoms with van der Waals surface area (Å²) in [6.45, 7) is 5.47. The third-order valence-corrected chi connectivity index (χ3v) is 3.17. The molecule has 0 unspecified atom stereocenters. The van der Waals surface area contributed by atoms with E-state index >= 15 is 0 Å². The molecule has 0 bridgehead atoms. The molecule has 1 heterocycles. The Morgan fingerprint density at radius 3 is 2.55 bits per heavy atom. The fourth-order valence-corrected chi connectivity index (χ4v) is 2.06. The number of anilines is 2. The molecule has 0 fully saturated rings. The van der Waals surface area contributed by atoms with Gasteiger partial charge in [-0.3, -0.25) is 0 Å². The Labute approximate surface area is 124 Å². The van der Waals surface area contributed by atoms with Crippen LogP contribution >= 0.6 is 15.9 Å². The smallest absolute Gasteiger partial charge is 0.152 e. The monoisotopic (exact) mass is 341 g/mol. The van der Waals surface area contributed by atoms with E-state index in [1.165, 1.54) is 12.1 Å². The standard InChI is InChI=1S/C14H14BrF2N3/c1-7(2)14-18-10(15)6-11(20-14)19-13-9(16)5-4-8(3)12(13)17/h4-7H,1-3H3,(H,18,19,20). The second-order valence-electron chi connectivity index (χ2n) is 4.77. The van der Waals surface area contributed by atoms with Crippen LogP contribution in [-0.2, 0) is 0 Å². The van der Waals surface area contributed by atoms with Crippen molar-refractivity contribution in [1.29, 1.82) is 0 Å². The van der Waals surface area contributed by atoms with Gasteiger partial charge in [0.25, 0.3) is 0 Å². The fourth-order valence-electron chi connectivity index (χ4n) is 1.66. The molecule has 2 aromatic rings. The molecule has 0 aliphatic rings. The molecule has 1 aromatic heterocycles. The molecule has 0 radical (unpaired) electrons. The van der Waals surface area contributed by atoms with Crippen molar-refractivity contribution in [2.24, 2.45) is 0 Å². The van der Waals surface area contributed by atoms with Crippen LogP contribution in [0.4, 0.5) is 20.3 Å². The number of benzene rings is 1. The van der Waals surface area contributed by atoms with Gasteiger partial charge in [-0.2, -0.15) is 0 Å². The van der Waals surface area contributed by atoms with Crippen molar-refractivity contribution in [3.63, 3.8) is 0 Å². The van der Waals surface area contributed by atoms with Crippen LogP contribution in [0.1, 0.15) is 31.2 Å². The summed E-state index contributed by atoms with van der Waals surface area (Å²) in [6.07, 6.45) is 0. The van der Waals surface area contributed by atoms with Gasteiger partial charge in [0.05, 0.1) is 0 Å². The van der Waals surface area contributed by atoms with E-state index in [4.69, 9.17) is 0 Å². The SMILES string of the molecule is Cc1ccc(F)c(Nc2cc(Br)nc(C(C)C)n2)c1F. The van der Waals surface area contributed by atoms with E-state index in [9.17, 15) is 8.78 Å². The molecular weight excluding hydrogens is 328 g/mol. The van der Waals surface area contributed by atoms with Crippen LogP contribution in [0.2, 0.25) is 0 Å². The van der Waals surface area contributed by atoms with Crippen LogP contribution in [0.25, 0.3) is 0 Å². The predicted octanol–water partition coefficient (Wildman–Crippen LogP) is 4.69. The second-order valence-corrected chi connectivity index (χ2v) is 5.58. The van der Waals surface area contributed by atoms with Gasteiger partial charge in [-0.15, -0.1) is 0 Å². The van der Waals surface area contributed by atoms with Crippen LogP contribution in [0.3, 0.4) is 0 Å². The summed E-state index contributed by atoms with van der Waals surface area (Å²) < 4.78 is 28.2. The highest BCUT2D eigenvalue weighted by Crippen LogP contribution is 2.26. The summed E-state index contributed by atoms with van der Waals surface area (Å²) in [7, 11) is 0. The molecule has 0 aliphatic carbocycles. The van der Waals surface area contributed by atoms with Crippen LogP contribution in [-0.4, -0.2) is 9.97 Å². The lowest BCUT2D eigenvalue weighted by molar-refractivity contribution is 0.584. The third kappa shape index (κ3) is 3.12. The first-order valence-corrected chi connectivity index (χ1v) is 6.94. The van der Waals surface area contributed by atoms with Crippen LogP contribution in [0, 0.1) is 18.6 Å². The quantitative estimate of drug-likeness (QED) is 0.822. The molecule has 20 heavy (non-hydrogen) atoms. The lowest BCUT2D eigenvalue weighted by atomic mass is 10.2. The molecule has 0 atom stereocenters. The molecule has 0 saturated carbocycles. The number of aryl methyl sites for hydroxylation is 1. The Hall–Kier alpha value is -1.56. The molecule has 0 amide bonds. The van der Waals surface area contributed by atoms with E-state index in [0.717, 1.165) is 0 Å². The largest absolute Gasteiger partial charge is 0.335 e. The maximum absolute atomic E-state index is 14.0. The van der Waals surface area contributed by atoms with E-state index < -0.39 is 11.6 Å². The molecule has 3 nitrogen and oxygen atoms in total. The molecule has 6 heteroatoms. The Kier molecular flexibility index (Phi) is 4.32. The highest BCUT2D eigenvalue weighted by molar-refractivity contribution is 9.10. The van der Waals surface area contributed by atoms with Crippen molar-refractivity contribution in [2.45, 2.75) is 26.7 Å². The first kappa shape index (κ1) is 14.8. The molecule has 1 aromatic carbocycles. The van der Waals surface area contributed by atoms with E-state index in [1.807, 2.05) is 13.8 Å². The minimum Gasteiger partial charge on any atom is -0.335 e. The Bertz CT molecular complexity index is 645. The Morgan fingerprint density at radius 2 is 1.90 bits per heavy atom. The molecule has 0 saturated heterocycles. The van der Waals surface area contributed by atoms with Gasteiger partial charge in [-0.25, -0.2) is 18.7 Å². The lowest BCUT2D eigenvalue weighted by Gasteiger charge is -2.12. The fraction of sp³-hybridized carbons (Fsp3) is 0.286. The van der Waals surface area contributed by atoms with E-state index in [-0.39, 0.29) is 11.6 Å². The first-order chi connectivity index (χ1) is 9.38. The summed E-state index contributed by atoms with van der Waals surface area (Å²) in [5.41, 5.74) is 0.163. The summed E-state index contributed by atoms with van der Waals surface area (Å²) in [5.74, 6) is -0.227. The summed E-state index contributed by atoms with van der Waals surface area (Å²) in [5, 5.41) is 2.69.